The molecule has 5 rings (SSSR count). The Kier molecular flexibility index (Phi) is 10.3. The monoisotopic (exact) mass is 695 g/mol. The van der Waals surface area contributed by atoms with Crippen molar-refractivity contribution in [3.8, 4) is 0 Å². The first-order chi connectivity index (χ1) is 21.7. The van der Waals surface area contributed by atoms with Crippen molar-refractivity contribution in [1.29, 1.82) is 0 Å². The number of carboxylic acid groups (broad SMARTS) is 1. The average molecular weight is 697 g/mol. The third-order valence-corrected chi connectivity index (χ3v) is 10.8. The van der Waals surface area contributed by atoms with Gasteiger partial charge in [-0.25, -0.2) is 9.59 Å². The van der Waals surface area contributed by atoms with Crippen LogP contribution in [0.3, 0.4) is 0 Å². The fourth-order valence-corrected chi connectivity index (χ4v) is 6.46. The van der Waals surface area contributed by atoms with Crippen LogP contribution < -0.4 is 10.6 Å². The van der Waals surface area contributed by atoms with E-state index in [9.17, 15) is 24.3 Å². The number of rotatable bonds is 10. The molecule has 3 N–H and O–H groups in total. The van der Waals surface area contributed by atoms with Gasteiger partial charge in [0.05, 0.1) is 12.7 Å². The van der Waals surface area contributed by atoms with E-state index in [0.717, 1.165) is 35.6 Å². The van der Waals surface area contributed by atoms with Crippen LogP contribution in [0.15, 0.2) is 42.5 Å². The van der Waals surface area contributed by atoms with E-state index in [0.29, 0.717) is 25.7 Å². The lowest BCUT2D eigenvalue weighted by Gasteiger charge is -2.36. The van der Waals surface area contributed by atoms with Gasteiger partial charge in [-0.05, 0) is 61.8 Å². The Morgan fingerprint density at radius 1 is 1.02 bits per heavy atom. The number of nitrogens with zero attached hydrogens (tertiary/aromatic N) is 1. The Hall–Kier alpha value is -2.79. The van der Waals surface area contributed by atoms with Gasteiger partial charge in [0.15, 0.2) is 5.60 Å². The largest absolute Gasteiger partial charge is 0.480 e. The Morgan fingerprint density at radius 3 is 2.35 bits per heavy atom. The second-order valence-electron chi connectivity index (χ2n) is 13.1. The fourth-order valence-electron chi connectivity index (χ4n) is 6.35. The molecule has 2 aliphatic carbocycles. The first kappa shape index (κ1) is 34.5. The summed E-state index contributed by atoms with van der Waals surface area (Å²) >= 11 is 18.1. The number of carbonyl (C=O) groups excluding carboxylic acids is 3. The van der Waals surface area contributed by atoms with Crippen LogP contribution in [0.4, 0.5) is 4.79 Å². The van der Waals surface area contributed by atoms with Crippen molar-refractivity contribution in [2.45, 2.75) is 105 Å². The topological polar surface area (TPSA) is 134 Å². The molecule has 0 unspecified atom stereocenters. The highest BCUT2D eigenvalue weighted by Gasteiger charge is 2.54. The van der Waals surface area contributed by atoms with E-state index in [1.54, 1.807) is 0 Å². The summed E-state index contributed by atoms with van der Waals surface area (Å²) in [5.41, 5.74) is -1.87. The summed E-state index contributed by atoms with van der Waals surface area (Å²) < 4.78 is 9.86. The molecule has 3 atom stereocenters. The van der Waals surface area contributed by atoms with Crippen LogP contribution >= 0.6 is 34.8 Å². The van der Waals surface area contributed by atoms with E-state index in [1.165, 1.54) is 18.7 Å². The molecular formula is C33H40Cl3N3O7. The number of fused-ring (bicyclic) bond motifs is 1. The number of hydrogen-bond acceptors (Lipinski definition) is 6. The van der Waals surface area contributed by atoms with Crippen molar-refractivity contribution in [3.63, 3.8) is 0 Å². The number of carbonyl (C=O) groups is 4. The molecule has 1 saturated heterocycles. The van der Waals surface area contributed by atoms with Crippen molar-refractivity contribution in [2.24, 2.45) is 5.92 Å². The molecule has 0 radical (unpaired) electrons. The number of ether oxygens (including phenoxy) is 2. The van der Waals surface area contributed by atoms with Crippen LogP contribution in [0, 0.1) is 5.92 Å². The van der Waals surface area contributed by atoms with Crippen molar-refractivity contribution in [3.05, 3.63) is 48.0 Å². The van der Waals surface area contributed by atoms with E-state index in [4.69, 9.17) is 44.3 Å². The molecule has 0 spiro atoms. The number of carboxylic acids is 1. The third-order valence-electron chi connectivity index (χ3n) is 9.42. The molecule has 0 bridgehead atoms. The van der Waals surface area contributed by atoms with Crippen molar-refractivity contribution in [1.82, 2.24) is 15.5 Å². The lowest BCUT2D eigenvalue weighted by atomic mass is 9.83. The van der Waals surface area contributed by atoms with Gasteiger partial charge in [-0.3, -0.25) is 9.59 Å². The summed E-state index contributed by atoms with van der Waals surface area (Å²) in [7, 11) is 0. The maximum atomic E-state index is 14.4. The summed E-state index contributed by atoms with van der Waals surface area (Å²) in [5, 5.41) is 17.2. The zero-order chi connectivity index (χ0) is 33.3. The molecule has 46 heavy (non-hydrogen) atoms. The number of alkyl halides is 3. The van der Waals surface area contributed by atoms with E-state index < -0.39 is 57.0 Å². The quantitative estimate of drug-likeness (QED) is 0.264. The summed E-state index contributed by atoms with van der Waals surface area (Å²) in [5.74, 6) is -2.35. The number of nitrogens with one attached hydrogen (secondary N) is 2. The highest BCUT2D eigenvalue weighted by molar-refractivity contribution is 6.68. The van der Waals surface area contributed by atoms with Crippen LogP contribution in [0.25, 0.3) is 10.8 Å². The van der Waals surface area contributed by atoms with Crippen LogP contribution in [-0.4, -0.2) is 73.5 Å². The molecular weight excluding hydrogens is 657 g/mol. The average Bonchev–Trinajstić information content (AvgIpc) is 3.67. The molecule has 1 aliphatic heterocycles. The van der Waals surface area contributed by atoms with Gasteiger partial charge in [-0.2, -0.15) is 0 Å². The Balaban J connectivity index is 1.38. The minimum atomic E-state index is -1.93. The van der Waals surface area contributed by atoms with Crippen LogP contribution in [-0.2, 0) is 30.5 Å². The molecule has 13 heteroatoms. The van der Waals surface area contributed by atoms with Crippen molar-refractivity contribution < 1.29 is 33.8 Å². The second-order valence-corrected chi connectivity index (χ2v) is 15.4. The van der Waals surface area contributed by atoms with Gasteiger partial charge < -0.3 is 30.1 Å². The summed E-state index contributed by atoms with van der Waals surface area (Å²) in [6.45, 7) is 3.24. The zero-order valence-corrected chi connectivity index (χ0v) is 28.2. The van der Waals surface area contributed by atoms with Crippen LogP contribution in [0.2, 0.25) is 0 Å². The van der Waals surface area contributed by atoms with Gasteiger partial charge in [-0.15, -0.1) is 0 Å². The van der Waals surface area contributed by atoms with Crippen molar-refractivity contribution in [2.75, 3.05) is 6.54 Å². The Bertz CT molecular complexity index is 1460. The molecule has 2 aromatic carbocycles. The molecule has 1 heterocycles. The number of halogens is 3. The Labute approximate surface area is 283 Å². The summed E-state index contributed by atoms with van der Waals surface area (Å²) in [4.78, 5) is 54.5. The predicted octanol–water partition coefficient (Wildman–Crippen LogP) is 5.88. The molecule has 250 valence electrons. The minimum Gasteiger partial charge on any atom is -0.480 e. The molecule has 0 aromatic heterocycles. The molecule has 10 nitrogen and oxygen atoms in total. The fraction of sp³-hybridized carbons (Fsp3) is 0.576. The van der Waals surface area contributed by atoms with Gasteiger partial charge in [-0.1, -0.05) is 96.5 Å². The van der Waals surface area contributed by atoms with E-state index in [1.807, 2.05) is 42.5 Å². The second kappa shape index (κ2) is 13.7. The summed E-state index contributed by atoms with van der Waals surface area (Å²) in [6.07, 6.45) is 3.52. The number of alkyl carbamates (subject to hydrolysis) is 1. The normalized spacial score (nSPS) is 22.2. The van der Waals surface area contributed by atoms with Gasteiger partial charge in [0.2, 0.25) is 15.6 Å². The van der Waals surface area contributed by atoms with Gasteiger partial charge >= 0.3 is 12.1 Å². The lowest BCUT2D eigenvalue weighted by Crippen LogP contribution is -2.58. The van der Waals surface area contributed by atoms with Gasteiger partial charge in [0.1, 0.15) is 17.6 Å². The Morgan fingerprint density at radius 2 is 1.70 bits per heavy atom. The standard InChI is InChI=1S/C33H40Cl3N3O7/c1-31(2,33(34,35)36)46-30(44)37-26(21-10-4-3-5-11-21)28(41)39-18-23(17-25(39)27(40)38-32(15-16-32)29(42)43)45-19-22-13-8-12-20-9-6-7-14-24(20)22/h6-9,12-14,21,23,25-26H,3-5,10-11,15-19H2,1-2H3,(H,37,44)(H,38,40)(H,42,43)/t23-,25+,26+/m1/s1. The van der Waals surface area contributed by atoms with Crippen LogP contribution in [0.1, 0.15) is 70.8 Å². The number of amides is 3. The zero-order valence-electron chi connectivity index (χ0n) is 25.9. The van der Waals surface area contributed by atoms with E-state index in [-0.39, 0.29) is 25.5 Å². The first-order valence-corrected chi connectivity index (χ1v) is 16.8. The van der Waals surface area contributed by atoms with Crippen LogP contribution in [0.5, 0.6) is 0 Å². The molecule has 2 aromatic rings. The predicted molar refractivity (Wildman–Crippen MR) is 175 cm³/mol. The number of likely N-dealkylation sites (tertiary alicyclic amines) is 1. The smallest absolute Gasteiger partial charge is 0.408 e. The molecule has 3 aliphatic rings. The lowest BCUT2D eigenvalue weighted by molar-refractivity contribution is -0.145. The maximum absolute atomic E-state index is 14.4. The minimum absolute atomic E-state index is 0.0847. The number of hydrogen-bond donors (Lipinski definition) is 3. The molecule has 3 fully saturated rings. The third kappa shape index (κ3) is 7.67. The van der Waals surface area contributed by atoms with Gasteiger partial charge in [0.25, 0.3) is 0 Å². The van der Waals surface area contributed by atoms with Crippen molar-refractivity contribution >= 4 is 69.5 Å². The highest BCUT2D eigenvalue weighted by Crippen LogP contribution is 2.41. The highest BCUT2D eigenvalue weighted by atomic mass is 35.6. The van der Waals surface area contributed by atoms with E-state index in [2.05, 4.69) is 10.6 Å². The summed E-state index contributed by atoms with van der Waals surface area (Å²) in [6, 6.07) is 11.9. The van der Waals surface area contributed by atoms with Gasteiger partial charge in [0, 0.05) is 13.0 Å². The first-order valence-electron chi connectivity index (χ1n) is 15.7. The maximum Gasteiger partial charge on any atom is 0.408 e. The SMILES string of the molecule is CC(C)(OC(=O)N[C@H](C(=O)N1C[C@H](OCc2cccc3ccccc23)C[C@H]1C(=O)NC1(C(=O)O)CC1)C1CCCCC1)C(Cl)(Cl)Cl. The number of aliphatic carboxylic acids is 1. The molecule has 2 saturated carbocycles. The van der Waals surface area contributed by atoms with E-state index >= 15 is 0 Å². The molecule has 3 amide bonds. The number of benzene rings is 2.